The molecule has 0 radical (unpaired) electrons. The van der Waals surface area contributed by atoms with E-state index in [4.69, 9.17) is 21.4 Å². The van der Waals surface area contributed by atoms with Gasteiger partial charge in [0.15, 0.2) is 0 Å². The first-order chi connectivity index (χ1) is 14.4. The van der Waals surface area contributed by atoms with Gasteiger partial charge in [0.05, 0.1) is 9.79 Å². The van der Waals surface area contributed by atoms with Crippen LogP contribution in [0.3, 0.4) is 0 Å². The summed E-state index contributed by atoms with van der Waals surface area (Å²) in [5.41, 5.74) is 5.25. The lowest BCUT2D eigenvalue weighted by atomic mass is 9.89. The van der Waals surface area contributed by atoms with Gasteiger partial charge in [-0.15, -0.1) is 0 Å². The SMILES string of the molecule is CC(C)c1cc(C(C)C)c(S(=O)(=O)Cl)c(C(C)C)c1.Cc1cc(C)c(S(=O)(=O)Cl)c(C)c1. The second-order valence-corrected chi connectivity index (χ2v) is 14.1. The maximum atomic E-state index is 11.9. The zero-order valence-electron chi connectivity index (χ0n) is 20.2. The van der Waals surface area contributed by atoms with Gasteiger partial charge in [-0.05, 0) is 66.3 Å². The molecule has 8 heteroatoms. The van der Waals surface area contributed by atoms with Gasteiger partial charge >= 0.3 is 0 Å². The molecular formula is C24H34Cl2O4S2. The Morgan fingerprint density at radius 1 is 0.594 bits per heavy atom. The average molecular weight is 522 g/mol. The summed E-state index contributed by atoms with van der Waals surface area (Å²) < 4.78 is 46.2. The topological polar surface area (TPSA) is 68.3 Å². The maximum absolute atomic E-state index is 11.9. The summed E-state index contributed by atoms with van der Waals surface area (Å²) in [6, 6.07) is 7.58. The van der Waals surface area contributed by atoms with Crippen molar-refractivity contribution in [1.29, 1.82) is 0 Å². The molecule has 0 bridgehead atoms. The summed E-state index contributed by atoms with van der Waals surface area (Å²) in [5.74, 6) is 0.613. The first-order valence-electron chi connectivity index (χ1n) is 10.5. The fourth-order valence-electron chi connectivity index (χ4n) is 3.72. The predicted molar refractivity (Wildman–Crippen MR) is 135 cm³/mol. The van der Waals surface area contributed by atoms with Crippen LogP contribution < -0.4 is 0 Å². The van der Waals surface area contributed by atoms with E-state index >= 15 is 0 Å². The van der Waals surface area contributed by atoms with Gasteiger partial charge in [0.1, 0.15) is 0 Å². The third-order valence-electron chi connectivity index (χ3n) is 5.17. The Kier molecular flexibility index (Phi) is 9.86. The van der Waals surface area contributed by atoms with Crippen LogP contribution in [0.2, 0.25) is 0 Å². The minimum atomic E-state index is -3.72. The fraction of sp³-hybridized carbons (Fsp3) is 0.500. The predicted octanol–water partition coefficient (Wildman–Crippen LogP) is 7.52. The molecule has 0 aromatic heterocycles. The van der Waals surface area contributed by atoms with E-state index in [1.54, 1.807) is 13.8 Å². The van der Waals surface area contributed by atoms with E-state index in [1.807, 2.05) is 58.9 Å². The number of halogens is 2. The van der Waals surface area contributed by atoms with Crippen molar-refractivity contribution in [3.63, 3.8) is 0 Å². The van der Waals surface area contributed by atoms with Crippen molar-refractivity contribution in [2.75, 3.05) is 0 Å². The molecule has 0 aliphatic heterocycles. The molecule has 0 spiro atoms. The summed E-state index contributed by atoms with van der Waals surface area (Å²) in [4.78, 5) is 0.545. The molecule has 0 aliphatic rings. The van der Waals surface area contributed by atoms with Crippen LogP contribution in [-0.2, 0) is 18.1 Å². The summed E-state index contributed by atoms with van der Waals surface area (Å²) in [5, 5.41) is 0. The van der Waals surface area contributed by atoms with Crippen molar-refractivity contribution >= 4 is 39.5 Å². The molecule has 0 heterocycles. The van der Waals surface area contributed by atoms with Crippen LogP contribution in [0.4, 0.5) is 0 Å². The highest BCUT2D eigenvalue weighted by Crippen LogP contribution is 2.36. The highest BCUT2D eigenvalue weighted by atomic mass is 35.7. The standard InChI is InChI=1S/C15H23ClO2S.C9H11ClO2S/c1-9(2)12-7-13(10(3)4)15(19(16,17)18)14(8-12)11(5)6;1-6-4-7(2)9(8(3)5-6)13(10,11)12/h7-11H,1-6H3;4-5H,1-3H3. The molecule has 32 heavy (non-hydrogen) atoms. The fourth-order valence-corrected chi connectivity index (χ4v) is 7.03. The number of hydrogen-bond acceptors (Lipinski definition) is 4. The highest BCUT2D eigenvalue weighted by molar-refractivity contribution is 8.14. The van der Waals surface area contributed by atoms with E-state index in [0.717, 1.165) is 22.3 Å². The van der Waals surface area contributed by atoms with Crippen molar-refractivity contribution in [1.82, 2.24) is 0 Å². The van der Waals surface area contributed by atoms with Crippen LogP contribution in [-0.4, -0.2) is 16.8 Å². The zero-order valence-corrected chi connectivity index (χ0v) is 23.4. The van der Waals surface area contributed by atoms with Gasteiger partial charge in [-0.3, -0.25) is 0 Å². The van der Waals surface area contributed by atoms with Crippen LogP contribution in [0.25, 0.3) is 0 Å². The molecule has 0 amide bonds. The van der Waals surface area contributed by atoms with E-state index < -0.39 is 18.1 Å². The van der Waals surface area contributed by atoms with Gasteiger partial charge in [0.25, 0.3) is 18.1 Å². The van der Waals surface area contributed by atoms with E-state index in [9.17, 15) is 16.8 Å². The summed E-state index contributed by atoms with van der Waals surface area (Å²) in [6.45, 7) is 17.6. The van der Waals surface area contributed by atoms with Crippen LogP contribution in [0.1, 0.15) is 92.7 Å². The smallest absolute Gasteiger partial charge is 0.207 e. The van der Waals surface area contributed by atoms with Crippen molar-refractivity contribution in [2.45, 2.75) is 89.9 Å². The van der Waals surface area contributed by atoms with Crippen LogP contribution in [0.5, 0.6) is 0 Å². The lowest BCUT2D eigenvalue weighted by Gasteiger charge is -2.20. The lowest BCUT2D eigenvalue weighted by molar-refractivity contribution is 0.603. The van der Waals surface area contributed by atoms with Crippen LogP contribution in [0, 0.1) is 20.8 Å². The van der Waals surface area contributed by atoms with E-state index in [0.29, 0.717) is 21.9 Å². The number of aryl methyl sites for hydroxylation is 3. The molecular weight excluding hydrogens is 487 g/mol. The Morgan fingerprint density at radius 3 is 1.19 bits per heavy atom. The Bertz CT molecular complexity index is 1130. The molecule has 0 saturated carbocycles. The van der Waals surface area contributed by atoms with Gasteiger partial charge in [-0.1, -0.05) is 71.4 Å². The molecule has 180 valence electrons. The molecule has 4 nitrogen and oxygen atoms in total. The first kappa shape index (κ1) is 29.0. The molecule has 0 saturated heterocycles. The molecule has 0 unspecified atom stereocenters. The Morgan fingerprint density at radius 2 is 0.938 bits per heavy atom. The van der Waals surface area contributed by atoms with E-state index in [-0.39, 0.29) is 16.7 Å². The van der Waals surface area contributed by atoms with Crippen LogP contribution in [0.15, 0.2) is 34.1 Å². The van der Waals surface area contributed by atoms with Gasteiger partial charge in [0, 0.05) is 21.4 Å². The minimum absolute atomic E-state index is 0.125. The van der Waals surface area contributed by atoms with Crippen molar-refractivity contribution in [3.8, 4) is 0 Å². The summed E-state index contributed by atoms with van der Waals surface area (Å²) >= 11 is 0. The average Bonchev–Trinajstić information content (AvgIpc) is 2.57. The second kappa shape index (κ2) is 10.9. The second-order valence-electron chi connectivity index (χ2n) is 9.10. The normalized spacial score (nSPS) is 12.3. The monoisotopic (exact) mass is 520 g/mol. The number of rotatable bonds is 5. The summed E-state index contributed by atoms with van der Waals surface area (Å²) in [6.07, 6.45) is 0. The van der Waals surface area contributed by atoms with Gasteiger partial charge in [0.2, 0.25) is 0 Å². The maximum Gasteiger partial charge on any atom is 0.261 e. The lowest BCUT2D eigenvalue weighted by Crippen LogP contribution is -2.08. The molecule has 2 aromatic carbocycles. The summed E-state index contributed by atoms with van der Waals surface area (Å²) in [7, 11) is 3.62. The third-order valence-corrected chi connectivity index (χ3v) is 8.19. The van der Waals surface area contributed by atoms with Gasteiger partial charge in [-0.2, -0.15) is 0 Å². The Labute approximate surface area is 203 Å². The first-order valence-corrected chi connectivity index (χ1v) is 15.1. The Balaban J connectivity index is 0.000000343. The molecule has 0 N–H and O–H groups in total. The molecule has 0 atom stereocenters. The highest BCUT2D eigenvalue weighted by Gasteiger charge is 2.25. The number of benzene rings is 2. The van der Waals surface area contributed by atoms with Crippen molar-refractivity contribution in [3.05, 3.63) is 57.6 Å². The van der Waals surface area contributed by atoms with Crippen molar-refractivity contribution in [2.24, 2.45) is 0 Å². The zero-order chi connectivity index (χ0) is 25.2. The van der Waals surface area contributed by atoms with Gasteiger partial charge in [-0.25, -0.2) is 16.8 Å². The van der Waals surface area contributed by atoms with Crippen LogP contribution >= 0.6 is 21.4 Å². The van der Waals surface area contributed by atoms with Crippen molar-refractivity contribution < 1.29 is 16.8 Å². The third kappa shape index (κ3) is 7.47. The molecule has 0 fully saturated rings. The largest absolute Gasteiger partial charge is 0.261 e. The molecule has 2 rings (SSSR count). The quantitative estimate of drug-likeness (QED) is 0.382. The van der Waals surface area contributed by atoms with Gasteiger partial charge < -0.3 is 0 Å². The number of hydrogen-bond donors (Lipinski definition) is 0. The Hall–Kier alpha value is -1.08. The van der Waals surface area contributed by atoms with E-state index in [1.165, 1.54) is 0 Å². The minimum Gasteiger partial charge on any atom is -0.207 e. The van der Waals surface area contributed by atoms with E-state index in [2.05, 4.69) is 13.8 Å². The molecule has 2 aromatic rings. The molecule has 0 aliphatic carbocycles.